The molecule has 0 heterocycles. The molecule has 0 aliphatic heterocycles. The van der Waals surface area contributed by atoms with Crippen LogP contribution in [-0.2, 0) is 0 Å². The first-order valence-corrected chi connectivity index (χ1v) is 9.27. The van der Waals surface area contributed by atoms with E-state index in [0.29, 0.717) is 4.99 Å². The van der Waals surface area contributed by atoms with E-state index in [1.54, 1.807) is 11.8 Å². The molecular weight excluding hydrogens is 292 g/mol. The van der Waals surface area contributed by atoms with E-state index in [0.717, 1.165) is 23.5 Å². The Labute approximate surface area is 130 Å². The van der Waals surface area contributed by atoms with E-state index in [-0.39, 0.29) is 0 Å². The van der Waals surface area contributed by atoms with Crippen LogP contribution in [0.3, 0.4) is 0 Å². The Balaban J connectivity index is 2.70. The second-order valence-corrected chi connectivity index (χ2v) is 6.83. The molecule has 19 heavy (non-hydrogen) atoms. The summed E-state index contributed by atoms with van der Waals surface area (Å²) in [6.07, 6.45) is 4.55. The lowest BCUT2D eigenvalue weighted by Gasteiger charge is -2.14. The normalized spacial score (nSPS) is 10.4. The molecule has 106 valence electrons. The first-order valence-electron chi connectivity index (χ1n) is 6.49. The highest BCUT2D eigenvalue weighted by Gasteiger charge is 2.10. The van der Waals surface area contributed by atoms with Crippen molar-refractivity contribution in [3.8, 4) is 0 Å². The minimum Gasteiger partial charge on any atom is -0.389 e. The van der Waals surface area contributed by atoms with Crippen molar-refractivity contribution in [2.75, 3.05) is 29.6 Å². The molecule has 0 radical (unpaired) electrons. The van der Waals surface area contributed by atoms with Gasteiger partial charge in [-0.25, -0.2) is 0 Å². The summed E-state index contributed by atoms with van der Waals surface area (Å²) >= 11 is 8.87. The van der Waals surface area contributed by atoms with Crippen LogP contribution in [0, 0.1) is 0 Å². The van der Waals surface area contributed by atoms with E-state index in [1.165, 1.54) is 23.5 Å². The maximum absolute atomic E-state index is 5.87. The Morgan fingerprint density at radius 3 is 2.79 bits per heavy atom. The monoisotopic (exact) mass is 314 g/mol. The Morgan fingerprint density at radius 2 is 2.16 bits per heavy atom. The lowest BCUT2D eigenvalue weighted by molar-refractivity contribution is 0.843. The van der Waals surface area contributed by atoms with E-state index < -0.39 is 0 Å². The molecule has 1 rings (SSSR count). The van der Waals surface area contributed by atoms with Crippen molar-refractivity contribution in [2.24, 2.45) is 5.73 Å². The van der Waals surface area contributed by atoms with Gasteiger partial charge in [0.05, 0.1) is 0 Å². The number of thioether (sulfide) groups is 2. The summed E-state index contributed by atoms with van der Waals surface area (Å²) in [5, 5.41) is 3.46. The third-order valence-electron chi connectivity index (χ3n) is 2.66. The summed E-state index contributed by atoms with van der Waals surface area (Å²) in [6.45, 7) is 3.10. The fourth-order valence-corrected chi connectivity index (χ4v) is 3.43. The standard InChI is InChI=1S/C14H22N2S3/c1-3-19-12-8-6-7-11(13(12)14(15)17)16-9-4-5-10-18-2/h6-8,16H,3-5,9-10H2,1-2H3,(H2,15,17). The lowest BCUT2D eigenvalue weighted by atomic mass is 10.1. The molecule has 0 amide bonds. The number of thiocarbonyl (C=S) groups is 1. The maximum atomic E-state index is 5.87. The van der Waals surface area contributed by atoms with Crippen molar-refractivity contribution in [2.45, 2.75) is 24.7 Å². The second-order valence-electron chi connectivity index (χ2n) is 4.10. The van der Waals surface area contributed by atoms with Crippen molar-refractivity contribution in [3.63, 3.8) is 0 Å². The van der Waals surface area contributed by atoms with Crippen LogP contribution in [-0.4, -0.2) is 29.3 Å². The molecular formula is C14H22N2S3. The van der Waals surface area contributed by atoms with Gasteiger partial charge in [-0.05, 0) is 42.7 Å². The highest BCUT2D eigenvalue weighted by atomic mass is 32.2. The van der Waals surface area contributed by atoms with Gasteiger partial charge in [0.25, 0.3) is 0 Å². The number of anilines is 1. The predicted molar refractivity (Wildman–Crippen MR) is 94.8 cm³/mol. The molecule has 3 N–H and O–H groups in total. The predicted octanol–water partition coefficient (Wildman–Crippen LogP) is 3.99. The summed E-state index contributed by atoms with van der Waals surface area (Å²) in [6, 6.07) is 6.20. The van der Waals surface area contributed by atoms with Crippen molar-refractivity contribution < 1.29 is 0 Å². The van der Waals surface area contributed by atoms with Crippen LogP contribution < -0.4 is 11.1 Å². The van der Waals surface area contributed by atoms with Crippen LogP contribution in [0.5, 0.6) is 0 Å². The van der Waals surface area contributed by atoms with E-state index in [4.69, 9.17) is 18.0 Å². The van der Waals surface area contributed by atoms with Gasteiger partial charge in [-0.3, -0.25) is 0 Å². The number of benzene rings is 1. The Morgan fingerprint density at radius 1 is 1.37 bits per heavy atom. The van der Waals surface area contributed by atoms with Crippen molar-refractivity contribution >= 4 is 46.4 Å². The molecule has 0 bridgehead atoms. The number of rotatable bonds is 9. The average molecular weight is 315 g/mol. The number of hydrogen-bond donors (Lipinski definition) is 2. The number of nitrogens with two attached hydrogens (primary N) is 1. The van der Waals surface area contributed by atoms with Gasteiger partial charge in [0.2, 0.25) is 0 Å². The molecule has 0 saturated heterocycles. The molecule has 0 aliphatic carbocycles. The van der Waals surface area contributed by atoms with E-state index >= 15 is 0 Å². The first-order chi connectivity index (χ1) is 9.20. The third kappa shape index (κ3) is 5.63. The fourth-order valence-electron chi connectivity index (χ4n) is 1.80. The van der Waals surface area contributed by atoms with Crippen LogP contribution in [0.2, 0.25) is 0 Å². The van der Waals surface area contributed by atoms with Crippen molar-refractivity contribution in [1.29, 1.82) is 0 Å². The van der Waals surface area contributed by atoms with Gasteiger partial charge in [-0.15, -0.1) is 11.8 Å². The van der Waals surface area contributed by atoms with Gasteiger partial charge in [-0.2, -0.15) is 11.8 Å². The number of hydrogen-bond acceptors (Lipinski definition) is 4. The molecule has 0 unspecified atom stereocenters. The topological polar surface area (TPSA) is 38.0 Å². The van der Waals surface area contributed by atoms with Crippen molar-refractivity contribution in [3.05, 3.63) is 23.8 Å². The van der Waals surface area contributed by atoms with Crippen LogP contribution in [0.4, 0.5) is 5.69 Å². The lowest BCUT2D eigenvalue weighted by Crippen LogP contribution is -2.15. The Hall–Kier alpha value is -0.390. The third-order valence-corrected chi connectivity index (χ3v) is 4.50. The SMILES string of the molecule is CCSc1cccc(NCCCCSC)c1C(N)=S. The van der Waals surface area contributed by atoms with Crippen LogP contribution in [0.15, 0.2) is 23.1 Å². The van der Waals surface area contributed by atoms with Gasteiger partial charge in [0, 0.05) is 22.7 Å². The van der Waals surface area contributed by atoms with Gasteiger partial charge in [-0.1, -0.05) is 25.2 Å². The largest absolute Gasteiger partial charge is 0.389 e. The minimum absolute atomic E-state index is 0.475. The highest BCUT2D eigenvalue weighted by molar-refractivity contribution is 7.99. The summed E-state index contributed by atoms with van der Waals surface area (Å²) in [7, 11) is 0. The van der Waals surface area contributed by atoms with Crippen LogP contribution >= 0.6 is 35.7 Å². The summed E-state index contributed by atoms with van der Waals surface area (Å²) in [5.74, 6) is 2.24. The first kappa shape index (κ1) is 16.7. The molecule has 0 aliphatic rings. The molecule has 0 saturated carbocycles. The summed E-state index contributed by atoms with van der Waals surface area (Å²) in [5.41, 5.74) is 7.93. The summed E-state index contributed by atoms with van der Waals surface area (Å²) in [4.78, 5) is 1.65. The zero-order valence-electron chi connectivity index (χ0n) is 11.6. The molecule has 5 heteroatoms. The molecule has 0 atom stereocenters. The maximum Gasteiger partial charge on any atom is 0.107 e. The average Bonchev–Trinajstić information content (AvgIpc) is 2.38. The molecule has 1 aromatic rings. The van der Waals surface area contributed by atoms with E-state index in [2.05, 4.69) is 36.7 Å². The smallest absolute Gasteiger partial charge is 0.107 e. The van der Waals surface area contributed by atoms with E-state index in [9.17, 15) is 0 Å². The highest BCUT2D eigenvalue weighted by Crippen LogP contribution is 2.28. The second kappa shape index (κ2) is 9.50. The van der Waals surface area contributed by atoms with Gasteiger partial charge < -0.3 is 11.1 Å². The molecule has 0 spiro atoms. The zero-order valence-corrected chi connectivity index (χ0v) is 14.0. The molecule has 1 aromatic carbocycles. The quantitative estimate of drug-likeness (QED) is 0.409. The minimum atomic E-state index is 0.475. The van der Waals surface area contributed by atoms with Crippen molar-refractivity contribution in [1.82, 2.24) is 0 Å². The molecule has 0 aromatic heterocycles. The van der Waals surface area contributed by atoms with Gasteiger partial charge in [0.15, 0.2) is 0 Å². The number of unbranched alkanes of at least 4 members (excludes halogenated alkanes) is 1. The molecule has 0 fully saturated rings. The van der Waals surface area contributed by atoms with E-state index in [1.807, 2.05) is 11.8 Å². The summed E-state index contributed by atoms with van der Waals surface area (Å²) < 4.78 is 0. The van der Waals surface area contributed by atoms with Gasteiger partial charge in [0.1, 0.15) is 4.99 Å². The van der Waals surface area contributed by atoms with Crippen LogP contribution in [0.1, 0.15) is 25.3 Å². The van der Waals surface area contributed by atoms with Gasteiger partial charge >= 0.3 is 0 Å². The Kier molecular flexibility index (Phi) is 8.34. The van der Waals surface area contributed by atoms with Crippen LogP contribution in [0.25, 0.3) is 0 Å². The number of nitrogens with one attached hydrogen (secondary N) is 1. The fraction of sp³-hybridized carbons (Fsp3) is 0.500. The molecule has 2 nitrogen and oxygen atoms in total. The Bertz CT molecular complexity index is 408. The zero-order chi connectivity index (χ0) is 14.1.